The van der Waals surface area contributed by atoms with Crippen LogP contribution in [0.25, 0.3) is 0 Å². The highest BCUT2D eigenvalue weighted by Gasteiger charge is 1.99. The average Bonchev–Trinajstić information content (AvgIpc) is 2.17. The van der Waals surface area contributed by atoms with E-state index in [9.17, 15) is 4.79 Å². The second kappa shape index (κ2) is 5.24. The maximum atomic E-state index is 11.0. The lowest BCUT2D eigenvalue weighted by molar-refractivity contribution is -0.116. The summed E-state index contributed by atoms with van der Waals surface area (Å²) in [7, 11) is 0. The van der Waals surface area contributed by atoms with Crippen molar-refractivity contribution in [1.82, 2.24) is 10.4 Å². The molecule has 74 valence electrons. The van der Waals surface area contributed by atoms with Crippen LogP contribution in [0, 0.1) is 0 Å². The van der Waals surface area contributed by atoms with Crippen molar-refractivity contribution in [1.29, 1.82) is 0 Å². The largest absolute Gasteiger partial charge is 0.280 e. The van der Waals surface area contributed by atoms with Crippen LogP contribution in [0.4, 0.5) is 5.82 Å². The van der Waals surface area contributed by atoms with E-state index in [-0.39, 0.29) is 5.91 Å². The number of rotatable bonds is 3. The highest BCUT2D eigenvalue weighted by Crippen LogP contribution is 2.15. The Balaban J connectivity index is 2.54. The van der Waals surface area contributed by atoms with Crippen molar-refractivity contribution in [3.8, 4) is 0 Å². The number of nitrogens with one attached hydrogen (secondary N) is 2. The molecule has 0 radical (unpaired) electrons. The molecule has 0 fully saturated rings. The second-order valence-corrected chi connectivity index (χ2v) is 2.86. The van der Waals surface area contributed by atoms with Gasteiger partial charge in [0.25, 0.3) is 5.91 Å². The molecule has 0 saturated carbocycles. The van der Waals surface area contributed by atoms with Gasteiger partial charge in [0.05, 0.1) is 5.02 Å². The van der Waals surface area contributed by atoms with Gasteiger partial charge in [-0.2, -0.15) is 0 Å². The summed E-state index contributed by atoms with van der Waals surface area (Å²) in [6.07, 6.45) is 4.61. The van der Waals surface area contributed by atoms with Gasteiger partial charge in [0, 0.05) is 12.3 Å². The Hall–Kier alpha value is -1.55. The van der Waals surface area contributed by atoms with E-state index < -0.39 is 0 Å². The predicted octanol–water partition coefficient (Wildman–Crippen LogP) is 1.75. The van der Waals surface area contributed by atoms with E-state index in [2.05, 4.69) is 15.8 Å². The van der Waals surface area contributed by atoms with Crippen LogP contribution >= 0.6 is 11.6 Å². The fraction of sp³-hybridized carbons (Fsp3) is 0.111. The summed E-state index contributed by atoms with van der Waals surface area (Å²) in [5.41, 5.74) is 5.02. The zero-order valence-electron chi connectivity index (χ0n) is 7.62. The lowest BCUT2D eigenvalue weighted by atomic mass is 10.5. The molecule has 1 amide bonds. The van der Waals surface area contributed by atoms with E-state index >= 15 is 0 Å². The number of carbonyl (C=O) groups is 1. The van der Waals surface area contributed by atoms with Crippen molar-refractivity contribution in [2.45, 2.75) is 6.92 Å². The number of hydrogen-bond donors (Lipinski definition) is 2. The minimum atomic E-state index is -0.255. The van der Waals surface area contributed by atoms with Crippen LogP contribution in [0.3, 0.4) is 0 Å². The molecule has 0 unspecified atom stereocenters. The van der Waals surface area contributed by atoms with Crippen LogP contribution in [0.2, 0.25) is 5.02 Å². The summed E-state index contributed by atoms with van der Waals surface area (Å²) in [5, 5.41) is 0.452. The van der Waals surface area contributed by atoms with Gasteiger partial charge in [-0.15, -0.1) is 0 Å². The molecule has 14 heavy (non-hydrogen) atoms. The normalized spacial score (nSPS) is 10.1. The van der Waals surface area contributed by atoms with Crippen molar-refractivity contribution < 1.29 is 4.79 Å². The van der Waals surface area contributed by atoms with E-state index in [1.54, 1.807) is 31.3 Å². The lowest BCUT2D eigenvalue weighted by Gasteiger charge is -2.06. The number of amides is 1. The third kappa shape index (κ3) is 3.06. The SMILES string of the molecule is CC=CC(=O)NNc1ncccc1Cl. The number of halogens is 1. The molecule has 0 aliphatic carbocycles. The zero-order valence-corrected chi connectivity index (χ0v) is 8.38. The predicted molar refractivity (Wildman–Crippen MR) is 55.8 cm³/mol. The van der Waals surface area contributed by atoms with Gasteiger partial charge in [0.1, 0.15) is 0 Å². The van der Waals surface area contributed by atoms with Gasteiger partial charge in [-0.1, -0.05) is 17.7 Å². The summed E-state index contributed by atoms with van der Waals surface area (Å²) in [5.74, 6) is 0.168. The number of hydrogen-bond acceptors (Lipinski definition) is 3. The van der Waals surface area contributed by atoms with Crippen LogP contribution in [0.1, 0.15) is 6.92 Å². The number of carbonyl (C=O) groups excluding carboxylic acids is 1. The number of aromatic nitrogens is 1. The molecular weight excluding hydrogens is 202 g/mol. The fourth-order valence-corrected chi connectivity index (χ4v) is 0.960. The molecule has 1 rings (SSSR count). The molecule has 0 aliphatic heterocycles. The van der Waals surface area contributed by atoms with Gasteiger partial charge in [-0.25, -0.2) is 4.98 Å². The Morgan fingerprint density at radius 3 is 3.07 bits per heavy atom. The van der Waals surface area contributed by atoms with Crippen molar-refractivity contribution >= 4 is 23.3 Å². The molecule has 0 aromatic carbocycles. The third-order valence-electron chi connectivity index (χ3n) is 1.38. The maximum Gasteiger partial charge on any atom is 0.262 e. The van der Waals surface area contributed by atoms with Gasteiger partial charge in [-0.05, 0) is 19.1 Å². The third-order valence-corrected chi connectivity index (χ3v) is 1.69. The van der Waals surface area contributed by atoms with Crippen molar-refractivity contribution in [3.05, 3.63) is 35.5 Å². The molecule has 4 nitrogen and oxygen atoms in total. The molecule has 0 atom stereocenters. The average molecular weight is 212 g/mol. The summed E-state index contributed by atoms with van der Waals surface area (Å²) >= 11 is 5.79. The topological polar surface area (TPSA) is 54.0 Å². The summed E-state index contributed by atoms with van der Waals surface area (Å²) in [4.78, 5) is 14.9. The lowest BCUT2D eigenvalue weighted by Crippen LogP contribution is -2.28. The molecule has 0 bridgehead atoms. The van der Waals surface area contributed by atoms with Crippen LogP contribution in [0.15, 0.2) is 30.5 Å². The van der Waals surface area contributed by atoms with Crippen molar-refractivity contribution in [3.63, 3.8) is 0 Å². The van der Waals surface area contributed by atoms with E-state index in [4.69, 9.17) is 11.6 Å². The number of allylic oxidation sites excluding steroid dienone is 1. The Labute approximate surface area is 87.0 Å². The zero-order chi connectivity index (χ0) is 10.4. The Bertz CT molecular complexity index is 352. The van der Waals surface area contributed by atoms with Gasteiger partial charge >= 0.3 is 0 Å². The number of anilines is 1. The Morgan fingerprint density at radius 2 is 2.43 bits per heavy atom. The Kier molecular flexibility index (Phi) is 3.94. The van der Waals surface area contributed by atoms with Gasteiger partial charge in [0.2, 0.25) is 0 Å². The second-order valence-electron chi connectivity index (χ2n) is 2.45. The maximum absolute atomic E-state index is 11.0. The minimum absolute atomic E-state index is 0.255. The molecule has 1 heterocycles. The van der Waals surface area contributed by atoms with E-state index in [0.29, 0.717) is 10.8 Å². The van der Waals surface area contributed by atoms with Gasteiger partial charge < -0.3 is 0 Å². The highest BCUT2D eigenvalue weighted by molar-refractivity contribution is 6.32. The van der Waals surface area contributed by atoms with Crippen LogP contribution in [-0.4, -0.2) is 10.9 Å². The molecule has 0 spiro atoms. The van der Waals surface area contributed by atoms with Crippen molar-refractivity contribution in [2.24, 2.45) is 0 Å². The Morgan fingerprint density at radius 1 is 1.64 bits per heavy atom. The van der Waals surface area contributed by atoms with Crippen LogP contribution in [-0.2, 0) is 4.79 Å². The van der Waals surface area contributed by atoms with Gasteiger partial charge in [-0.3, -0.25) is 15.6 Å². The summed E-state index contributed by atoms with van der Waals surface area (Å²) in [6, 6.07) is 3.39. The van der Waals surface area contributed by atoms with Crippen LogP contribution < -0.4 is 10.9 Å². The first-order valence-electron chi connectivity index (χ1n) is 4.03. The smallest absolute Gasteiger partial charge is 0.262 e. The molecule has 5 heteroatoms. The van der Waals surface area contributed by atoms with E-state index in [1.807, 2.05) is 0 Å². The molecule has 0 saturated heterocycles. The molecule has 1 aromatic heterocycles. The molecule has 2 N–H and O–H groups in total. The van der Waals surface area contributed by atoms with Gasteiger partial charge in [0.15, 0.2) is 5.82 Å². The van der Waals surface area contributed by atoms with E-state index in [0.717, 1.165) is 0 Å². The number of pyridine rings is 1. The van der Waals surface area contributed by atoms with E-state index in [1.165, 1.54) is 6.08 Å². The number of hydrazine groups is 1. The number of nitrogens with zero attached hydrogens (tertiary/aromatic N) is 1. The fourth-order valence-electron chi connectivity index (χ4n) is 0.792. The highest BCUT2D eigenvalue weighted by atomic mass is 35.5. The minimum Gasteiger partial charge on any atom is -0.280 e. The van der Waals surface area contributed by atoms with Crippen molar-refractivity contribution in [2.75, 3.05) is 5.43 Å². The summed E-state index contributed by atoms with van der Waals surface area (Å²) in [6.45, 7) is 1.76. The first-order chi connectivity index (χ1) is 6.74. The first kappa shape index (κ1) is 10.5. The summed E-state index contributed by atoms with van der Waals surface area (Å²) < 4.78 is 0. The van der Waals surface area contributed by atoms with Crippen LogP contribution in [0.5, 0.6) is 0 Å². The first-order valence-corrected chi connectivity index (χ1v) is 4.41. The molecular formula is C9H10ClN3O. The quantitative estimate of drug-likeness (QED) is 0.592. The molecule has 1 aromatic rings. The molecule has 0 aliphatic rings. The monoisotopic (exact) mass is 211 g/mol. The standard InChI is InChI=1S/C9H10ClN3O/c1-2-4-8(14)12-13-9-7(10)5-3-6-11-9/h2-6H,1H3,(H,11,13)(H,12,14).